The van der Waals surface area contributed by atoms with Crippen LogP contribution in [0.25, 0.3) is 0 Å². The van der Waals surface area contributed by atoms with Gasteiger partial charge in [0.25, 0.3) is 5.91 Å². The smallest absolute Gasteiger partial charge is 0.289 e. The zero-order valence-electron chi connectivity index (χ0n) is 10.6. The van der Waals surface area contributed by atoms with Crippen molar-refractivity contribution in [2.75, 3.05) is 0 Å². The SMILES string of the molecule is C[C@@H](NC(=O)c1ncn[nH]1)c1nc2c(s1)CCCC2. The Morgan fingerprint density at radius 2 is 2.32 bits per heavy atom. The molecule has 1 aliphatic rings. The van der Waals surface area contributed by atoms with Crippen LogP contribution < -0.4 is 5.32 Å². The number of hydrogen-bond donors (Lipinski definition) is 2. The van der Waals surface area contributed by atoms with Crippen molar-refractivity contribution in [1.29, 1.82) is 0 Å². The summed E-state index contributed by atoms with van der Waals surface area (Å²) in [5.74, 6) is -0.0219. The van der Waals surface area contributed by atoms with Crippen LogP contribution in [-0.4, -0.2) is 26.1 Å². The molecule has 0 saturated heterocycles. The van der Waals surface area contributed by atoms with Gasteiger partial charge in [-0.3, -0.25) is 9.89 Å². The fourth-order valence-electron chi connectivity index (χ4n) is 2.20. The Morgan fingerprint density at radius 3 is 3.05 bits per heavy atom. The second kappa shape index (κ2) is 5.08. The molecule has 1 aliphatic carbocycles. The predicted octanol–water partition coefficient (Wildman–Crippen LogP) is 1.63. The molecule has 0 aromatic carbocycles. The predicted molar refractivity (Wildman–Crippen MR) is 71.0 cm³/mol. The van der Waals surface area contributed by atoms with Gasteiger partial charge in [0.05, 0.1) is 11.7 Å². The minimum absolute atomic E-state index is 0.104. The molecule has 2 heterocycles. The summed E-state index contributed by atoms with van der Waals surface area (Å²) < 4.78 is 0. The molecule has 7 heteroatoms. The van der Waals surface area contributed by atoms with Crippen molar-refractivity contribution >= 4 is 17.2 Å². The van der Waals surface area contributed by atoms with Crippen LogP contribution in [0.2, 0.25) is 0 Å². The number of fused-ring (bicyclic) bond motifs is 1. The van der Waals surface area contributed by atoms with E-state index in [1.165, 1.54) is 29.7 Å². The second-order valence-corrected chi connectivity index (χ2v) is 5.77. The van der Waals surface area contributed by atoms with Crippen LogP contribution in [0.5, 0.6) is 0 Å². The molecule has 0 bridgehead atoms. The van der Waals surface area contributed by atoms with Gasteiger partial charge >= 0.3 is 0 Å². The summed E-state index contributed by atoms with van der Waals surface area (Å²) in [7, 11) is 0. The molecular weight excluding hydrogens is 262 g/mol. The summed E-state index contributed by atoms with van der Waals surface area (Å²) in [5, 5.41) is 10.1. The molecule has 0 spiro atoms. The number of thiazole rings is 1. The average Bonchev–Trinajstić information content (AvgIpc) is 3.07. The number of carbonyl (C=O) groups excluding carboxylic acids is 1. The minimum Gasteiger partial charge on any atom is -0.340 e. The molecule has 0 unspecified atom stereocenters. The van der Waals surface area contributed by atoms with Gasteiger partial charge in [-0.25, -0.2) is 9.97 Å². The third-order valence-corrected chi connectivity index (χ3v) is 4.55. The van der Waals surface area contributed by atoms with Crippen molar-refractivity contribution in [3.05, 3.63) is 27.7 Å². The molecule has 1 atom stereocenters. The van der Waals surface area contributed by atoms with Gasteiger partial charge in [0.2, 0.25) is 5.82 Å². The zero-order valence-corrected chi connectivity index (χ0v) is 11.5. The molecule has 6 nitrogen and oxygen atoms in total. The maximum Gasteiger partial charge on any atom is 0.289 e. The molecule has 2 aromatic heterocycles. The van der Waals surface area contributed by atoms with Crippen molar-refractivity contribution in [2.24, 2.45) is 0 Å². The van der Waals surface area contributed by atoms with Crippen LogP contribution >= 0.6 is 11.3 Å². The Balaban J connectivity index is 1.71. The van der Waals surface area contributed by atoms with Crippen LogP contribution in [0.15, 0.2) is 6.33 Å². The Labute approximate surface area is 114 Å². The number of carbonyl (C=O) groups is 1. The standard InChI is InChI=1S/C12H15N5OS/c1-7(15-11(18)10-13-6-14-17-10)12-16-8-4-2-3-5-9(8)19-12/h6-7H,2-5H2,1H3,(H,15,18)(H,13,14,17)/t7-/m1/s1. The highest BCUT2D eigenvalue weighted by Crippen LogP contribution is 2.29. The van der Waals surface area contributed by atoms with Gasteiger partial charge in [-0.05, 0) is 32.6 Å². The lowest BCUT2D eigenvalue weighted by Crippen LogP contribution is -2.27. The van der Waals surface area contributed by atoms with E-state index in [1.807, 2.05) is 6.92 Å². The summed E-state index contributed by atoms with van der Waals surface area (Å²) in [6.45, 7) is 1.94. The number of aryl methyl sites for hydroxylation is 2. The van der Waals surface area contributed by atoms with E-state index in [0.29, 0.717) is 0 Å². The first-order valence-corrected chi connectivity index (χ1v) is 7.20. The highest BCUT2D eigenvalue weighted by atomic mass is 32.1. The third kappa shape index (κ3) is 2.51. The summed E-state index contributed by atoms with van der Waals surface area (Å²) >= 11 is 1.71. The first-order valence-electron chi connectivity index (χ1n) is 6.39. The number of hydrogen-bond acceptors (Lipinski definition) is 5. The van der Waals surface area contributed by atoms with Crippen molar-refractivity contribution in [1.82, 2.24) is 25.5 Å². The van der Waals surface area contributed by atoms with Gasteiger partial charge in [-0.15, -0.1) is 11.3 Å². The van der Waals surface area contributed by atoms with Gasteiger partial charge in [0.1, 0.15) is 11.3 Å². The third-order valence-electron chi connectivity index (χ3n) is 3.21. The van der Waals surface area contributed by atoms with Gasteiger partial charge < -0.3 is 5.32 Å². The summed E-state index contributed by atoms with van der Waals surface area (Å²) in [4.78, 5) is 21.7. The van der Waals surface area contributed by atoms with Crippen molar-refractivity contribution in [3.63, 3.8) is 0 Å². The van der Waals surface area contributed by atoms with Crippen molar-refractivity contribution < 1.29 is 4.79 Å². The Kier molecular flexibility index (Phi) is 3.29. The topological polar surface area (TPSA) is 83.6 Å². The molecule has 0 saturated carbocycles. The van der Waals surface area contributed by atoms with E-state index >= 15 is 0 Å². The Morgan fingerprint density at radius 1 is 1.47 bits per heavy atom. The molecule has 3 rings (SSSR count). The summed E-state index contributed by atoms with van der Waals surface area (Å²) in [5.41, 5.74) is 1.21. The van der Waals surface area contributed by atoms with E-state index in [2.05, 4.69) is 25.5 Å². The fourth-order valence-corrected chi connectivity index (χ4v) is 3.35. The normalized spacial score (nSPS) is 15.8. The molecule has 0 fully saturated rings. The summed E-state index contributed by atoms with van der Waals surface area (Å²) in [6.07, 6.45) is 5.97. The monoisotopic (exact) mass is 277 g/mol. The van der Waals surface area contributed by atoms with Crippen molar-refractivity contribution in [2.45, 2.75) is 38.6 Å². The molecule has 1 amide bonds. The number of nitrogens with one attached hydrogen (secondary N) is 2. The molecule has 0 radical (unpaired) electrons. The first kappa shape index (κ1) is 12.3. The van der Waals surface area contributed by atoms with Crippen molar-refractivity contribution in [3.8, 4) is 0 Å². The van der Waals surface area contributed by atoms with Gasteiger partial charge in [0, 0.05) is 4.88 Å². The van der Waals surface area contributed by atoms with E-state index in [4.69, 9.17) is 0 Å². The molecule has 2 aromatic rings. The van der Waals surface area contributed by atoms with Gasteiger partial charge in [-0.1, -0.05) is 0 Å². The number of H-pyrrole nitrogens is 1. The van der Waals surface area contributed by atoms with Gasteiger partial charge in [-0.2, -0.15) is 5.10 Å². The second-order valence-electron chi connectivity index (χ2n) is 4.66. The van der Waals surface area contributed by atoms with E-state index in [1.54, 1.807) is 11.3 Å². The van der Waals surface area contributed by atoms with Crippen LogP contribution in [0, 0.1) is 0 Å². The number of aromatic nitrogens is 4. The molecule has 0 aliphatic heterocycles. The number of nitrogens with zero attached hydrogens (tertiary/aromatic N) is 3. The minimum atomic E-state index is -0.252. The number of rotatable bonds is 3. The highest BCUT2D eigenvalue weighted by molar-refractivity contribution is 7.11. The fraction of sp³-hybridized carbons (Fsp3) is 0.500. The van der Waals surface area contributed by atoms with E-state index in [0.717, 1.165) is 17.8 Å². The summed E-state index contributed by atoms with van der Waals surface area (Å²) in [6, 6.07) is -0.104. The number of aromatic amines is 1. The van der Waals surface area contributed by atoms with E-state index in [9.17, 15) is 4.79 Å². The Bertz CT molecular complexity index is 553. The maximum atomic E-state index is 11.9. The largest absolute Gasteiger partial charge is 0.340 e. The van der Waals surface area contributed by atoms with E-state index in [-0.39, 0.29) is 17.8 Å². The molecular formula is C12H15N5OS. The lowest BCUT2D eigenvalue weighted by Gasteiger charge is -2.09. The Hall–Kier alpha value is -1.76. The zero-order chi connectivity index (χ0) is 13.2. The average molecular weight is 277 g/mol. The van der Waals surface area contributed by atoms with Crippen LogP contribution in [0.1, 0.15) is 52.0 Å². The molecule has 19 heavy (non-hydrogen) atoms. The quantitative estimate of drug-likeness (QED) is 0.893. The lowest BCUT2D eigenvalue weighted by molar-refractivity contribution is 0.0929. The van der Waals surface area contributed by atoms with E-state index < -0.39 is 0 Å². The molecule has 100 valence electrons. The molecule has 2 N–H and O–H groups in total. The van der Waals surface area contributed by atoms with Gasteiger partial charge in [0.15, 0.2) is 0 Å². The number of amides is 1. The van der Waals surface area contributed by atoms with Crippen LogP contribution in [0.4, 0.5) is 0 Å². The van der Waals surface area contributed by atoms with Crippen LogP contribution in [0.3, 0.4) is 0 Å². The van der Waals surface area contributed by atoms with Crippen LogP contribution in [-0.2, 0) is 12.8 Å². The first-order chi connectivity index (χ1) is 9.24. The maximum absolute atomic E-state index is 11.9. The highest BCUT2D eigenvalue weighted by Gasteiger charge is 2.20. The lowest BCUT2D eigenvalue weighted by atomic mass is 10.0.